The van der Waals surface area contributed by atoms with Gasteiger partial charge in [-0.15, -0.1) is 0 Å². The van der Waals surface area contributed by atoms with E-state index in [0.717, 1.165) is 17.3 Å². The average Bonchev–Trinajstić information content (AvgIpc) is 2.27. The minimum atomic E-state index is -0.289. The van der Waals surface area contributed by atoms with Crippen LogP contribution in [0.2, 0.25) is 0 Å². The van der Waals surface area contributed by atoms with Gasteiger partial charge in [-0.2, -0.15) is 5.26 Å². The normalized spacial score (nSPS) is 10.9. The zero-order valence-electron chi connectivity index (χ0n) is 10.2. The maximum absolute atomic E-state index is 8.88. The summed E-state index contributed by atoms with van der Waals surface area (Å²) in [6.07, 6.45) is 1.65. The number of hydrogen-bond acceptors (Lipinski definition) is 3. The van der Waals surface area contributed by atoms with Crippen LogP contribution in [0.5, 0.6) is 5.75 Å². The standard InChI is InChI=1S/C13H17BrN2O/c1-13(2,9-15)7-4-8-17-12-10(14)5-3-6-11(12)16/h3,5-6H,4,7-8,16H2,1-2H3. The first-order valence-corrected chi connectivity index (χ1v) is 6.33. The summed E-state index contributed by atoms with van der Waals surface area (Å²) in [6.45, 7) is 4.43. The molecule has 0 radical (unpaired) electrons. The number of nitrogens with zero attached hydrogens (tertiary/aromatic N) is 1. The monoisotopic (exact) mass is 296 g/mol. The first kappa shape index (κ1) is 13.9. The van der Waals surface area contributed by atoms with Crippen LogP contribution < -0.4 is 10.5 Å². The largest absolute Gasteiger partial charge is 0.490 e. The van der Waals surface area contributed by atoms with Gasteiger partial charge in [-0.3, -0.25) is 0 Å². The summed E-state index contributed by atoms with van der Waals surface area (Å²) >= 11 is 3.40. The van der Waals surface area contributed by atoms with Crippen LogP contribution in [0.4, 0.5) is 5.69 Å². The molecule has 0 saturated heterocycles. The molecule has 0 amide bonds. The number of benzene rings is 1. The number of rotatable bonds is 5. The lowest BCUT2D eigenvalue weighted by Crippen LogP contribution is -2.10. The third-order valence-electron chi connectivity index (χ3n) is 2.49. The highest BCUT2D eigenvalue weighted by Crippen LogP contribution is 2.31. The van der Waals surface area contributed by atoms with Crippen LogP contribution in [0.15, 0.2) is 22.7 Å². The Balaban J connectivity index is 2.45. The number of nitrogens with two attached hydrogens (primary N) is 1. The van der Waals surface area contributed by atoms with Crippen molar-refractivity contribution in [3.63, 3.8) is 0 Å². The number of halogens is 1. The number of para-hydroxylation sites is 1. The fourth-order valence-electron chi connectivity index (χ4n) is 1.42. The van der Waals surface area contributed by atoms with E-state index in [9.17, 15) is 0 Å². The van der Waals surface area contributed by atoms with E-state index in [0.29, 0.717) is 18.0 Å². The quantitative estimate of drug-likeness (QED) is 0.665. The molecule has 1 aromatic carbocycles. The van der Waals surface area contributed by atoms with Gasteiger partial charge in [-0.25, -0.2) is 0 Å². The molecule has 0 aliphatic heterocycles. The summed E-state index contributed by atoms with van der Waals surface area (Å²) in [4.78, 5) is 0. The van der Waals surface area contributed by atoms with Crippen LogP contribution in [0.3, 0.4) is 0 Å². The van der Waals surface area contributed by atoms with Gasteiger partial charge >= 0.3 is 0 Å². The molecule has 0 aromatic heterocycles. The second-order valence-electron chi connectivity index (χ2n) is 4.61. The van der Waals surface area contributed by atoms with Crippen molar-refractivity contribution in [2.75, 3.05) is 12.3 Å². The molecule has 0 bridgehead atoms. The molecule has 0 atom stereocenters. The van der Waals surface area contributed by atoms with Crippen LogP contribution in [-0.4, -0.2) is 6.61 Å². The minimum Gasteiger partial charge on any atom is -0.490 e. The van der Waals surface area contributed by atoms with Gasteiger partial charge in [0.05, 0.1) is 28.3 Å². The second kappa shape index (κ2) is 5.92. The summed E-state index contributed by atoms with van der Waals surface area (Å²) in [5.74, 6) is 0.683. The van der Waals surface area contributed by atoms with Crippen molar-refractivity contribution in [1.82, 2.24) is 0 Å². The van der Waals surface area contributed by atoms with E-state index in [1.54, 1.807) is 6.07 Å². The minimum absolute atomic E-state index is 0.289. The topological polar surface area (TPSA) is 59.0 Å². The number of nitrogen functional groups attached to an aromatic ring is 1. The van der Waals surface area contributed by atoms with Crippen molar-refractivity contribution in [2.45, 2.75) is 26.7 Å². The van der Waals surface area contributed by atoms with Crippen LogP contribution in [0.1, 0.15) is 26.7 Å². The summed E-state index contributed by atoms with van der Waals surface area (Å²) in [5, 5.41) is 8.88. The lowest BCUT2D eigenvalue weighted by atomic mass is 9.90. The highest BCUT2D eigenvalue weighted by Gasteiger charge is 2.16. The predicted molar refractivity (Wildman–Crippen MR) is 72.7 cm³/mol. The molecule has 0 spiro atoms. The average molecular weight is 297 g/mol. The summed E-state index contributed by atoms with van der Waals surface area (Å²) in [6, 6.07) is 7.84. The molecule has 0 heterocycles. The molecule has 0 aliphatic rings. The van der Waals surface area contributed by atoms with Gasteiger partial charge in [0.2, 0.25) is 0 Å². The van der Waals surface area contributed by atoms with E-state index in [1.807, 2.05) is 26.0 Å². The van der Waals surface area contributed by atoms with E-state index >= 15 is 0 Å². The summed E-state index contributed by atoms with van der Waals surface area (Å²) in [5.41, 5.74) is 6.14. The van der Waals surface area contributed by atoms with Crippen LogP contribution in [0, 0.1) is 16.7 Å². The Morgan fingerprint density at radius 2 is 2.18 bits per heavy atom. The molecule has 0 aliphatic carbocycles. The zero-order chi connectivity index (χ0) is 12.9. The number of hydrogen-bond donors (Lipinski definition) is 1. The second-order valence-corrected chi connectivity index (χ2v) is 5.46. The van der Waals surface area contributed by atoms with Gasteiger partial charge in [0, 0.05) is 0 Å². The van der Waals surface area contributed by atoms with Gasteiger partial charge in [0.25, 0.3) is 0 Å². The Kier molecular flexibility index (Phi) is 4.83. The van der Waals surface area contributed by atoms with Crippen LogP contribution >= 0.6 is 15.9 Å². The Hall–Kier alpha value is -1.21. The van der Waals surface area contributed by atoms with Gasteiger partial charge in [0.1, 0.15) is 0 Å². The Morgan fingerprint density at radius 1 is 1.47 bits per heavy atom. The molecule has 92 valence electrons. The fourth-order valence-corrected chi connectivity index (χ4v) is 1.92. The summed E-state index contributed by atoms with van der Waals surface area (Å²) in [7, 11) is 0. The number of anilines is 1. The Labute approximate surface area is 111 Å². The van der Waals surface area contributed by atoms with Crippen molar-refractivity contribution >= 4 is 21.6 Å². The molecule has 1 aromatic rings. The van der Waals surface area contributed by atoms with Crippen molar-refractivity contribution in [2.24, 2.45) is 5.41 Å². The molecule has 0 fully saturated rings. The fraction of sp³-hybridized carbons (Fsp3) is 0.462. The molecule has 4 heteroatoms. The van der Waals surface area contributed by atoms with E-state index in [4.69, 9.17) is 15.7 Å². The van der Waals surface area contributed by atoms with Gasteiger partial charge in [0.15, 0.2) is 5.75 Å². The maximum atomic E-state index is 8.88. The Bertz CT molecular complexity index is 404. The smallest absolute Gasteiger partial charge is 0.156 e. The Morgan fingerprint density at radius 3 is 2.76 bits per heavy atom. The highest BCUT2D eigenvalue weighted by atomic mass is 79.9. The van der Waals surface area contributed by atoms with Gasteiger partial charge in [-0.1, -0.05) is 6.07 Å². The summed E-state index contributed by atoms with van der Waals surface area (Å²) < 4.78 is 6.48. The molecule has 17 heavy (non-hydrogen) atoms. The molecule has 2 N–H and O–H groups in total. The molecular formula is C13H17BrN2O. The van der Waals surface area contributed by atoms with E-state index in [1.165, 1.54) is 0 Å². The van der Waals surface area contributed by atoms with E-state index < -0.39 is 0 Å². The van der Waals surface area contributed by atoms with E-state index in [2.05, 4.69) is 22.0 Å². The highest BCUT2D eigenvalue weighted by molar-refractivity contribution is 9.10. The van der Waals surface area contributed by atoms with Crippen molar-refractivity contribution < 1.29 is 4.74 Å². The van der Waals surface area contributed by atoms with Crippen LogP contribution in [0.25, 0.3) is 0 Å². The first-order valence-electron chi connectivity index (χ1n) is 5.54. The molecule has 0 saturated carbocycles. The maximum Gasteiger partial charge on any atom is 0.156 e. The van der Waals surface area contributed by atoms with E-state index in [-0.39, 0.29) is 5.41 Å². The predicted octanol–water partition coefficient (Wildman–Crippen LogP) is 3.74. The van der Waals surface area contributed by atoms with Crippen molar-refractivity contribution in [3.05, 3.63) is 22.7 Å². The molecule has 0 unspecified atom stereocenters. The number of ether oxygens (including phenoxy) is 1. The van der Waals surface area contributed by atoms with Gasteiger partial charge < -0.3 is 10.5 Å². The first-order chi connectivity index (χ1) is 7.96. The number of nitriles is 1. The van der Waals surface area contributed by atoms with Crippen LogP contribution in [-0.2, 0) is 0 Å². The third kappa shape index (κ3) is 4.27. The zero-order valence-corrected chi connectivity index (χ0v) is 11.8. The van der Waals surface area contributed by atoms with Crippen molar-refractivity contribution in [3.8, 4) is 11.8 Å². The SMILES string of the molecule is CC(C)(C#N)CCCOc1c(N)cccc1Br. The molecule has 1 rings (SSSR count). The lowest BCUT2D eigenvalue weighted by Gasteiger charge is -2.15. The lowest BCUT2D eigenvalue weighted by molar-refractivity contribution is 0.284. The molecular weight excluding hydrogens is 280 g/mol. The van der Waals surface area contributed by atoms with Crippen molar-refractivity contribution in [1.29, 1.82) is 5.26 Å². The molecule has 3 nitrogen and oxygen atoms in total. The van der Waals surface area contributed by atoms with Gasteiger partial charge in [-0.05, 0) is 54.8 Å². The third-order valence-corrected chi connectivity index (χ3v) is 3.12.